The van der Waals surface area contributed by atoms with E-state index in [1.54, 1.807) is 5.57 Å². The molecule has 8 atom stereocenters. The van der Waals surface area contributed by atoms with Gasteiger partial charge < -0.3 is 4.43 Å². The van der Waals surface area contributed by atoms with E-state index in [-0.39, 0.29) is 17.6 Å². The van der Waals surface area contributed by atoms with Crippen molar-refractivity contribution in [1.29, 1.82) is 0 Å². The highest BCUT2D eigenvalue weighted by molar-refractivity contribution is 6.71. The highest BCUT2D eigenvalue weighted by Gasteiger charge is 2.59. The summed E-state index contributed by atoms with van der Waals surface area (Å²) in [5, 5.41) is 0. The van der Waals surface area contributed by atoms with E-state index in [9.17, 15) is 13.2 Å². The summed E-state index contributed by atoms with van der Waals surface area (Å²) in [6.07, 6.45) is 11.9. The average Bonchev–Trinajstić information content (AvgIpc) is 3.14. The quantitative estimate of drug-likeness (QED) is 0.209. The van der Waals surface area contributed by atoms with Gasteiger partial charge in [-0.15, -0.1) is 0 Å². The molecule has 4 aliphatic rings. The minimum absolute atomic E-state index is 0.113. The maximum absolute atomic E-state index is 12.8. The van der Waals surface area contributed by atoms with Gasteiger partial charge in [-0.2, -0.15) is 13.2 Å². The second kappa shape index (κ2) is 10.9. The molecule has 0 aromatic heterocycles. The summed E-state index contributed by atoms with van der Waals surface area (Å²) in [5.74, 6) is 4.99. The van der Waals surface area contributed by atoms with Crippen molar-refractivity contribution in [2.45, 2.75) is 143 Å². The zero-order chi connectivity index (χ0) is 27.2. The van der Waals surface area contributed by atoms with E-state index in [0.717, 1.165) is 54.8 Å². The van der Waals surface area contributed by atoms with Crippen LogP contribution in [0.25, 0.3) is 0 Å². The van der Waals surface area contributed by atoms with Crippen molar-refractivity contribution < 1.29 is 17.6 Å². The third-order valence-electron chi connectivity index (χ3n) is 11.8. The van der Waals surface area contributed by atoms with Gasteiger partial charge in [0.1, 0.15) is 0 Å². The van der Waals surface area contributed by atoms with E-state index in [1.165, 1.54) is 51.4 Å². The number of fused-ring (bicyclic) bond motifs is 5. The molecule has 0 radical (unpaired) electrons. The maximum Gasteiger partial charge on any atom is 0.388 e. The van der Waals surface area contributed by atoms with Crippen LogP contribution in [-0.2, 0) is 4.43 Å². The molecule has 214 valence electrons. The molecule has 37 heavy (non-hydrogen) atoms. The smallest absolute Gasteiger partial charge is 0.388 e. The molecule has 8 unspecified atom stereocenters. The zero-order valence-corrected chi connectivity index (χ0v) is 25.9. The van der Waals surface area contributed by atoms with Crippen LogP contribution < -0.4 is 0 Å². The first-order valence-electron chi connectivity index (χ1n) is 15.6. The van der Waals surface area contributed by atoms with Gasteiger partial charge in [0.15, 0.2) is 8.32 Å². The molecule has 0 bridgehead atoms. The molecule has 0 spiro atoms. The van der Waals surface area contributed by atoms with Gasteiger partial charge in [-0.1, -0.05) is 65.5 Å². The van der Waals surface area contributed by atoms with Crippen LogP contribution in [0.2, 0.25) is 19.1 Å². The van der Waals surface area contributed by atoms with Crippen molar-refractivity contribution in [3.8, 4) is 0 Å². The van der Waals surface area contributed by atoms with Gasteiger partial charge in [0.25, 0.3) is 0 Å². The minimum Gasteiger partial charge on any atom is -0.414 e. The third kappa shape index (κ3) is 6.39. The van der Waals surface area contributed by atoms with E-state index < -0.39 is 20.9 Å². The number of alkyl halides is 3. The van der Waals surface area contributed by atoms with Gasteiger partial charge in [-0.05, 0) is 117 Å². The van der Waals surface area contributed by atoms with E-state index >= 15 is 0 Å². The molecule has 0 heterocycles. The van der Waals surface area contributed by atoms with Gasteiger partial charge in [0.05, 0.1) is 0 Å². The molecule has 4 rings (SSSR count). The van der Waals surface area contributed by atoms with Crippen molar-refractivity contribution >= 4 is 8.32 Å². The topological polar surface area (TPSA) is 9.23 Å². The molecule has 0 N–H and O–H groups in total. The van der Waals surface area contributed by atoms with Crippen molar-refractivity contribution in [2.24, 2.45) is 46.3 Å². The molecule has 4 aliphatic carbocycles. The van der Waals surface area contributed by atoms with Gasteiger partial charge in [-0.25, -0.2) is 0 Å². The van der Waals surface area contributed by atoms with Gasteiger partial charge in [0.2, 0.25) is 0 Å². The van der Waals surface area contributed by atoms with Crippen molar-refractivity contribution in [3.63, 3.8) is 0 Å². The fourth-order valence-corrected chi connectivity index (χ4v) is 11.8. The fourth-order valence-electron chi connectivity index (χ4n) is 9.71. The summed E-state index contributed by atoms with van der Waals surface area (Å²) in [6.45, 7) is 16.4. The number of hydrogen-bond acceptors (Lipinski definition) is 1. The van der Waals surface area contributed by atoms with Crippen LogP contribution >= 0.6 is 0 Å². The van der Waals surface area contributed by atoms with E-state index in [1.807, 2.05) is 13.1 Å². The minimum atomic E-state index is -4.08. The first-order valence-corrected chi connectivity index (χ1v) is 18.7. The highest BCUT2D eigenvalue weighted by Crippen LogP contribution is 2.67. The lowest BCUT2D eigenvalue weighted by atomic mass is 9.47. The summed E-state index contributed by atoms with van der Waals surface area (Å²) in [7, 11) is -2.33. The molecular formula is C32H55F3OSi. The van der Waals surface area contributed by atoms with Crippen LogP contribution in [0.3, 0.4) is 0 Å². The first-order chi connectivity index (χ1) is 17.1. The van der Waals surface area contributed by atoms with Crippen LogP contribution in [0.15, 0.2) is 11.6 Å². The molecule has 0 aliphatic heterocycles. The molecule has 3 fully saturated rings. The van der Waals surface area contributed by atoms with Crippen molar-refractivity contribution in [1.82, 2.24) is 0 Å². The normalized spacial score (nSPS) is 39.1. The lowest BCUT2D eigenvalue weighted by molar-refractivity contribution is -0.131. The molecule has 3 saturated carbocycles. The summed E-state index contributed by atoms with van der Waals surface area (Å²) in [6, 6.07) is 0.172. The zero-order valence-electron chi connectivity index (χ0n) is 24.9. The first kappa shape index (κ1) is 29.7. The number of allylic oxidation sites excluding steroid dienone is 1. The molecule has 1 nitrogen and oxygen atoms in total. The maximum atomic E-state index is 12.8. The average molecular weight is 541 g/mol. The lowest BCUT2D eigenvalue weighted by Crippen LogP contribution is -2.51. The number of hydrogen-bond donors (Lipinski definition) is 0. The molecule has 0 aromatic carbocycles. The molecule has 0 saturated heterocycles. The Labute approximate surface area is 226 Å². The monoisotopic (exact) mass is 540 g/mol. The van der Waals surface area contributed by atoms with Crippen molar-refractivity contribution in [2.75, 3.05) is 0 Å². The highest BCUT2D eigenvalue weighted by atomic mass is 28.4. The number of halogens is 3. The Bertz CT molecular complexity index is 819. The Kier molecular flexibility index (Phi) is 8.78. The number of rotatable bonds is 9. The standard InChI is InChI=1S/C32H55F3OSi/c1-22(2)9-8-10-23(3)27-13-14-28-26-12-11-24-21-25(36-37(6,7)20-19-32(33,34)35)15-17-30(24,4)29(26)16-18-31(27,28)5/h11,22-23,25-29H,8-10,12-21H2,1-7H3. The van der Waals surface area contributed by atoms with E-state index in [4.69, 9.17) is 4.43 Å². The van der Waals surface area contributed by atoms with Crippen LogP contribution in [0.4, 0.5) is 13.2 Å². The van der Waals surface area contributed by atoms with E-state index in [2.05, 4.69) is 40.7 Å². The van der Waals surface area contributed by atoms with Crippen LogP contribution in [-0.4, -0.2) is 20.6 Å². The predicted molar refractivity (Wildman–Crippen MR) is 151 cm³/mol. The largest absolute Gasteiger partial charge is 0.414 e. The predicted octanol–water partition coefficient (Wildman–Crippen LogP) is 10.6. The Morgan fingerprint density at radius 2 is 1.73 bits per heavy atom. The molecule has 0 aromatic rings. The fraction of sp³-hybridized carbons (Fsp3) is 0.938. The van der Waals surface area contributed by atoms with Gasteiger partial charge in [-0.3, -0.25) is 0 Å². The summed E-state index contributed by atoms with van der Waals surface area (Å²) >= 11 is 0. The lowest BCUT2D eigenvalue weighted by Gasteiger charge is -2.58. The van der Waals surface area contributed by atoms with E-state index in [0.29, 0.717) is 5.41 Å². The van der Waals surface area contributed by atoms with Gasteiger partial charge in [0, 0.05) is 12.5 Å². The van der Waals surface area contributed by atoms with Crippen LogP contribution in [0, 0.1) is 46.3 Å². The molecular weight excluding hydrogens is 485 g/mol. The third-order valence-corrected chi connectivity index (χ3v) is 14.2. The van der Waals surface area contributed by atoms with Gasteiger partial charge >= 0.3 is 6.18 Å². The second-order valence-electron chi connectivity index (χ2n) is 15.1. The summed E-state index contributed by atoms with van der Waals surface area (Å²) < 4.78 is 44.9. The Morgan fingerprint density at radius 3 is 2.41 bits per heavy atom. The van der Waals surface area contributed by atoms with Crippen molar-refractivity contribution in [3.05, 3.63) is 11.6 Å². The molecule has 0 amide bonds. The molecule has 5 heteroatoms. The Hall–Kier alpha value is -0.293. The van der Waals surface area contributed by atoms with Crippen LogP contribution in [0.5, 0.6) is 0 Å². The van der Waals surface area contributed by atoms with Crippen LogP contribution in [0.1, 0.15) is 112 Å². The summed E-state index contributed by atoms with van der Waals surface area (Å²) in [5.41, 5.74) is 2.35. The Morgan fingerprint density at radius 1 is 1.00 bits per heavy atom. The summed E-state index contributed by atoms with van der Waals surface area (Å²) in [4.78, 5) is 0. The SMILES string of the molecule is CC(C)CCCC(C)C1CCC2C3CC=C4CC(O[Si](C)(C)CCC(F)(F)F)CCC4(C)C3CCC12C. The second-order valence-corrected chi connectivity index (χ2v) is 19.4. The Balaban J connectivity index is 1.40.